The quantitative estimate of drug-likeness (QED) is 0.617. The first kappa shape index (κ1) is 19.5. The molecule has 1 aliphatic rings. The normalized spacial score (nSPS) is 21.1. The molecule has 2 aromatic carbocycles. The smallest absolute Gasteiger partial charge is 0.246 e. The Hall–Kier alpha value is -2.29. The summed E-state index contributed by atoms with van der Waals surface area (Å²) in [6.45, 7) is 15.4. The van der Waals surface area contributed by atoms with E-state index in [9.17, 15) is 0 Å². The third-order valence-corrected chi connectivity index (χ3v) is 5.52. The summed E-state index contributed by atoms with van der Waals surface area (Å²) in [5.74, 6) is 1.44. The summed E-state index contributed by atoms with van der Waals surface area (Å²) in [6.07, 6.45) is 0. The number of ether oxygens (including phenoxy) is 1. The Labute approximate surface area is 163 Å². The molecule has 0 amide bonds. The fourth-order valence-corrected chi connectivity index (χ4v) is 3.58. The number of hydrogen-bond donors (Lipinski definition) is 0. The molecule has 1 atom stereocenters. The van der Waals surface area contributed by atoms with Crippen molar-refractivity contribution < 1.29 is 9.57 Å². The Morgan fingerprint density at radius 2 is 1.41 bits per heavy atom. The second-order valence-corrected chi connectivity index (χ2v) is 9.59. The predicted octanol–water partition coefficient (Wildman–Crippen LogP) is 5.94. The number of oxime groups is 1. The molecule has 0 radical (unpaired) electrons. The van der Waals surface area contributed by atoms with E-state index in [2.05, 4.69) is 96.1 Å². The van der Waals surface area contributed by atoms with Gasteiger partial charge in [0.2, 0.25) is 5.90 Å². The minimum Gasteiger partial charge on any atom is -0.438 e. The lowest BCUT2D eigenvalue weighted by molar-refractivity contribution is 0.203. The minimum atomic E-state index is -0.474. The van der Waals surface area contributed by atoms with Gasteiger partial charge in [0.05, 0.1) is 0 Å². The fraction of sp³-hybridized carbons (Fsp3) is 0.458. The summed E-state index contributed by atoms with van der Waals surface area (Å²) < 4.78 is 6.18. The van der Waals surface area contributed by atoms with Crippen LogP contribution in [0.2, 0.25) is 0 Å². The molecule has 27 heavy (non-hydrogen) atoms. The maximum atomic E-state index is 6.18. The van der Waals surface area contributed by atoms with E-state index in [0.29, 0.717) is 5.90 Å². The Morgan fingerprint density at radius 3 is 1.93 bits per heavy atom. The summed E-state index contributed by atoms with van der Waals surface area (Å²) in [7, 11) is 1.56. The van der Waals surface area contributed by atoms with Gasteiger partial charge in [0, 0.05) is 5.56 Å². The highest BCUT2D eigenvalue weighted by Crippen LogP contribution is 2.46. The molecule has 144 valence electrons. The first-order valence-corrected chi connectivity index (χ1v) is 9.53. The molecule has 0 fully saturated rings. The molecule has 0 saturated carbocycles. The SMILES string of the molecule is CON=C1Oc2cc(C(C)(C)C)ccc2C1(C)c1ccc(C(C)(C)C)cc1. The molecule has 0 aliphatic carbocycles. The Morgan fingerprint density at radius 1 is 0.852 bits per heavy atom. The standard InChI is InChI=1S/C24H31NO2/c1-22(2,3)16-9-11-17(12-10-16)24(7)19-14-13-18(23(4,5)6)15-20(19)27-21(24)25-26-8/h9-15H,1-8H3. The van der Waals surface area contributed by atoms with E-state index >= 15 is 0 Å². The molecule has 1 heterocycles. The lowest BCUT2D eigenvalue weighted by Gasteiger charge is -2.26. The zero-order chi connectivity index (χ0) is 20.0. The van der Waals surface area contributed by atoms with E-state index in [4.69, 9.17) is 9.57 Å². The highest BCUT2D eigenvalue weighted by atomic mass is 16.6. The predicted molar refractivity (Wildman–Crippen MR) is 112 cm³/mol. The molecule has 0 bridgehead atoms. The van der Waals surface area contributed by atoms with Crippen LogP contribution in [-0.4, -0.2) is 13.0 Å². The van der Waals surface area contributed by atoms with Gasteiger partial charge in [-0.05, 0) is 40.5 Å². The summed E-state index contributed by atoms with van der Waals surface area (Å²) in [5.41, 5.74) is 4.52. The van der Waals surface area contributed by atoms with Crippen molar-refractivity contribution in [3.63, 3.8) is 0 Å². The third-order valence-electron chi connectivity index (χ3n) is 5.52. The van der Waals surface area contributed by atoms with Crippen LogP contribution in [0.3, 0.4) is 0 Å². The van der Waals surface area contributed by atoms with Crippen molar-refractivity contribution in [2.75, 3.05) is 7.11 Å². The molecule has 0 aromatic heterocycles. The first-order valence-electron chi connectivity index (χ1n) is 9.53. The van der Waals surface area contributed by atoms with Crippen molar-refractivity contribution in [1.29, 1.82) is 0 Å². The van der Waals surface area contributed by atoms with Crippen molar-refractivity contribution in [3.8, 4) is 5.75 Å². The van der Waals surface area contributed by atoms with E-state index < -0.39 is 5.41 Å². The van der Waals surface area contributed by atoms with E-state index in [1.54, 1.807) is 7.11 Å². The summed E-state index contributed by atoms with van der Waals surface area (Å²) in [6, 6.07) is 15.3. The molecule has 0 saturated heterocycles. The average Bonchev–Trinajstić information content (AvgIpc) is 2.87. The van der Waals surface area contributed by atoms with E-state index in [1.165, 1.54) is 11.1 Å². The van der Waals surface area contributed by atoms with Gasteiger partial charge in [-0.1, -0.05) is 83.1 Å². The van der Waals surface area contributed by atoms with Crippen LogP contribution in [0.15, 0.2) is 47.6 Å². The minimum absolute atomic E-state index is 0.0598. The van der Waals surface area contributed by atoms with Crippen LogP contribution in [0.25, 0.3) is 0 Å². The first-order chi connectivity index (χ1) is 12.5. The molecule has 0 spiro atoms. The van der Waals surface area contributed by atoms with Gasteiger partial charge < -0.3 is 9.57 Å². The van der Waals surface area contributed by atoms with E-state index in [0.717, 1.165) is 16.9 Å². The van der Waals surface area contributed by atoms with Crippen LogP contribution < -0.4 is 4.74 Å². The van der Waals surface area contributed by atoms with Gasteiger partial charge in [0.25, 0.3) is 0 Å². The monoisotopic (exact) mass is 365 g/mol. The summed E-state index contributed by atoms with van der Waals surface area (Å²) >= 11 is 0. The van der Waals surface area contributed by atoms with Crippen molar-refractivity contribution in [2.24, 2.45) is 5.16 Å². The van der Waals surface area contributed by atoms with Gasteiger partial charge in [0.15, 0.2) is 0 Å². The Bertz CT molecular complexity index is 867. The zero-order valence-electron chi connectivity index (χ0n) is 17.8. The average molecular weight is 366 g/mol. The van der Waals surface area contributed by atoms with Gasteiger partial charge >= 0.3 is 0 Å². The van der Waals surface area contributed by atoms with Crippen LogP contribution >= 0.6 is 0 Å². The van der Waals surface area contributed by atoms with Crippen molar-refractivity contribution in [2.45, 2.75) is 64.7 Å². The highest BCUT2D eigenvalue weighted by Gasteiger charge is 2.45. The number of rotatable bonds is 2. The maximum Gasteiger partial charge on any atom is 0.246 e. The van der Waals surface area contributed by atoms with Crippen LogP contribution in [0.1, 0.15) is 70.7 Å². The summed E-state index contributed by atoms with van der Waals surface area (Å²) in [4.78, 5) is 5.11. The number of nitrogens with zero attached hydrogens (tertiary/aromatic N) is 1. The molecule has 1 unspecified atom stereocenters. The molecule has 3 nitrogen and oxygen atoms in total. The highest BCUT2D eigenvalue weighted by molar-refractivity contribution is 5.97. The lowest BCUT2D eigenvalue weighted by atomic mass is 9.75. The molecule has 1 aliphatic heterocycles. The van der Waals surface area contributed by atoms with Crippen molar-refractivity contribution in [3.05, 3.63) is 64.7 Å². The lowest BCUT2D eigenvalue weighted by Crippen LogP contribution is -2.32. The number of fused-ring (bicyclic) bond motifs is 1. The van der Waals surface area contributed by atoms with Gasteiger partial charge in [-0.25, -0.2) is 0 Å². The van der Waals surface area contributed by atoms with Crippen LogP contribution in [0.5, 0.6) is 5.75 Å². The van der Waals surface area contributed by atoms with Gasteiger partial charge in [-0.15, -0.1) is 0 Å². The molecule has 3 heteroatoms. The molecule has 2 aromatic rings. The maximum absolute atomic E-state index is 6.18. The zero-order valence-corrected chi connectivity index (χ0v) is 17.8. The molecule has 0 N–H and O–H groups in total. The Balaban J connectivity index is 2.14. The molecular weight excluding hydrogens is 334 g/mol. The molecular formula is C24H31NO2. The third kappa shape index (κ3) is 3.36. The van der Waals surface area contributed by atoms with Crippen LogP contribution in [-0.2, 0) is 21.1 Å². The number of benzene rings is 2. The van der Waals surface area contributed by atoms with Crippen molar-refractivity contribution in [1.82, 2.24) is 0 Å². The van der Waals surface area contributed by atoms with Crippen molar-refractivity contribution >= 4 is 5.90 Å². The van der Waals surface area contributed by atoms with Crippen LogP contribution in [0.4, 0.5) is 0 Å². The number of hydrogen-bond acceptors (Lipinski definition) is 3. The van der Waals surface area contributed by atoms with E-state index in [-0.39, 0.29) is 10.8 Å². The van der Waals surface area contributed by atoms with Gasteiger partial charge in [-0.2, -0.15) is 0 Å². The Kier molecular flexibility index (Phi) is 4.62. The summed E-state index contributed by atoms with van der Waals surface area (Å²) in [5, 5.41) is 4.23. The molecule has 3 rings (SSSR count). The fourth-order valence-electron chi connectivity index (χ4n) is 3.58. The topological polar surface area (TPSA) is 30.8 Å². The second kappa shape index (κ2) is 6.40. The van der Waals surface area contributed by atoms with E-state index in [1.807, 2.05) is 0 Å². The second-order valence-electron chi connectivity index (χ2n) is 9.59. The van der Waals surface area contributed by atoms with Gasteiger partial charge in [-0.3, -0.25) is 0 Å². The van der Waals surface area contributed by atoms with Crippen LogP contribution in [0, 0.1) is 0 Å². The van der Waals surface area contributed by atoms with Gasteiger partial charge in [0.1, 0.15) is 18.3 Å². The largest absolute Gasteiger partial charge is 0.438 e.